The van der Waals surface area contributed by atoms with Crippen molar-refractivity contribution in [1.82, 2.24) is 4.90 Å². The normalized spacial score (nSPS) is 16.9. The van der Waals surface area contributed by atoms with Gasteiger partial charge in [-0.15, -0.1) is 0 Å². The highest BCUT2D eigenvalue weighted by Gasteiger charge is 2.30. The van der Waals surface area contributed by atoms with Crippen molar-refractivity contribution in [2.75, 3.05) is 7.05 Å². The zero-order chi connectivity index (χ0) is 13.3. The van der Waals surface area contributed by atoms with Crippen molar-refractivity contribution in [3.8, 4) is 0 Å². The van der Waals surface area contributed by atoms with E-state index in [1.54, 1.807) is 6.07 Å². The molecule has 98 valence electrons. The molecule has 1 saturated carbocycles. The minimum atomic E-state index is -0.349. The van der Waals surface area contributed by atoms with Crippen molar-refractivity contribution in [2.24, 2.45) is 5.92 Å². The van der Waals surface area contributed by atoms with Gasteiger partial charge in [-0.25, -0.2) is 0 Å². The molecule has 1 fully saturated rings. The van der Waals surface area contributed by atoms with Gasteiger partial charge < -0.3 is 0 Å². The van der Waals surface area contributed by atoms with E-state index >= 15 is 0 Å². The first kappa shape index (κ1) is 13.5. The summed E-state index contributed by atoms with van der Waals surface area (Å²) < 4.78 is 0.602. The molecule has 18 heavy (non-hydrogen) atoms. The van der Waals surface area contributed by atoms with E-state index in [0.717, 1.165) is 18.0 Å². The fourth-order valence-electron chi connectivity index (χ4n) is 2.18. The standard InChI is InChI=1S/C13H17BrN2O2/c1-9(10-6-7-10)15(2)8-11-4-3-5-12(13(11)14)16(17)18/h3-5,9-10H,6-8H2,1-2H3. The van der Waals surface area contributed by atoms with Crippen molar-refractivity contribution in [3.63, 3.8) is 0 Å². The minimum absolute atomic E-state index is 0.139. The lowest BCUT2D eigenvalue weighted by Gasteiger charge is -2.25. The van der Waals surface area contributed by atoms with Crippen LogP contribution in [0.2, 0.25) is 0 Å². The molecule has 1 unspecified atom stereocenters. The third kappa shape index (κ3) is 2.90. The van der Waals surface area contributed by atoms with Crippen LogP contribution >= 0.6 is 15.9 Å². The van der Waals surface area contributed by atoms with E-state index < -0.39 is 0 Å². The zero-order valence-corrected chi connectivity index (χ0v) is 12.2. The quantitative estimate of drug-likeness (QED) is 0.616. The Morgan fingerprint density at radius 3 is 2.78 bits per heavy atom. The molecule has 2 rings (SSSR count). The van der Waals surface area contributed by atoms with Gasteiger partial charge in [-0.05, 0) is 54.2 Å². The van der Waals surface area contributed by atoms with Gasteiger partial charge in [0.15, 0.2) is 0 Å². The third-order valence-corrected chi connectivity index (χ3v) is 4.59. The number of nitro benzene ring substituents is 1. The van der Waals surface area contributed by atoms with Gasteiger partial charge in [-0.3, -0.25) is 15.0 Å². The summed E-state index contributed by atoms with van der Waals surface area (Å²) in [5.41, 5.74) is 1.11. The fourth-order valence-corrected chi connectivity index (χ4v) is 2.72. The molecule has 1 aliphatic rings. The molecular formula is C13H17BrN2O2. The van der Waals surface area contributed by atoms with Gasteiger partial charge in [0.25, 0.3) is 5.69 Å². The predicted molar refractivity (Wildman–Crippen MR) is 74.4 cm³/mol. The minimum Gasteiger partial charge on any atom is -0.299 e. The van der Waals surface area contributed by atoms with Crippen LogP contribution in [-0.2, 0) is 6.54 Å². The largest absolute Gasteiger partial charge is 0.299 e. The molecule has 0 bridgehead atoms. The molecular weight excluding hydrogens is 296 g/mol. The summed E-state index contributed by atoms with van der Waals surface area (Å²) in [4.78, 5) is 12.8. The van der Waals surface area contributed by atoms with Gasteiger partial charge in [0.2, 0.25) is 0 Å². The van der Waals surface area contributed by atoms with Crippen LogP contribution in [0.3, 0.4) is 0 Å². The van der Waals surface area contributed by atoms with Crippen molar-refractivity contribution in [3.05, 3.63) is 38.3 Å². The Morgan fingerprint density at radius 1 is 1.56 bits per heavy atom. The van der Waals surface area contributed by atoms with Crippen LogP contribution in [0.1, 0.15) is 25.3 Å². The maximum Gasteiger partial charge on any atom is 0.283 e. The molecule has 0 heterocycles. The summed E-state index contributed by atoms with van der Waals surface area (Å²) in [6.45, 7) is 2.96. The summed E-state index contributed by atoms with van der Waals surface area (Å²) in [6, 6.07) is 5.75. The molecule has 0 aromatic heterocycles. The number of rotatable bonds is 5. The van der Waals surface area contributed by atoms with E-state index in [9.17, 15) is 10.1 Å². The first-order valence-electron chi connectivity index (χ1n) is 6.12. The van der Waals surface area contributed by atoms with Crippen LogP contribution in [0.4, 0.5) is 5.69 Å². The lowest BCUT2D eigenvalue weighted by molar-refractivity contribution is -0.385. The average Bonchev–Trinajstić information content (AvgIpc) is 3.14. The van der Waals surface area contributed by atoms with Gasteiger partial charge in [0, 0.05) is 18.7 Å². The van der Waals surface area contributed by atoms with Gasteiger partial charge in [-0.2, -0.15) is 0 Å². The van der Waals surface area contributed by atoms with Crippen molar-refractivity contribution in [2.45, 2.75) is 32.4 Å². The predicted octanol–water partition coefficient (Wildman–Crippen LogP) is 3.59. The van der Waals surface area contributed by atoms with Crippen LogP contribution in [0.15, 0.2) is 22.7 Å². The number of halogens is 1. The van der Waals surface area contributed by atoms with Gasteiger partial charge in [0.05, 0.1) is 9.40 Å². The smallest absolute Gasteiger partial charge is 0.283 e. The summed E-state index contributed by atoms with van der Waals surface area (Å²) in [5, 5.41) is 10.9. The summed E-state index contributed by atoms with van der Waals surface area (Å²) in [5.74, 6) is 0.799. The fraction of sp³-hybridized carbons (Fsp3) is 0.538. The second-order valence-corrected chi connectivity index (χ2v) is 5.79. The molecule has 1 aromatic carbocycles. The Morgan fingerprint density at radius 2 is 2.22 bits per heavy atom. The zero-order valence-electron chi connectivity index (χ0n) is 10.6. The van der Waals surface area contributed by atoms with E-state index in [1.165, 1.54) is 18.9 Å². The lowest BCUT2D eigenvalue weighted by atomic mass is 10.1. The molecule has 0 aliphatic heterocycles. The molecule has 1 atom stereocenters. The first-order valence-corrected chi connectivity index (χ1v) is 6.92. The highest BCUT2D eigenvalue weighted by Crippen LogP contribution is 2.36. The highest BCUT2D eigenvalue weighted by atomic mass is 79.9. The lowest BCUT2D eigenvalue weighted by Crippen LogP contribution is -2.30. The van der Waals surface area contributed by atoms with Crippen molar-refractivity contribution < 1.29 is 4.92 Å². The Kier molecular flexibility index (Phi) is 4.02. The molecule has 0 radical (unpaired) electrons. The second kappa shape index (κ2) is 5.36. The van der Waals surface area contributed by atoms with Crippen molar-refractivity contribution in [1.29, 1.82) is 0 Å². The topological polar surface area (TPSA) is 46.4 Å². The van der Waals surface area contributed by atoms with Crippen LogP contribution in [0.5, 0.6) is 0 Å². The molecule has 0 N–H and O–H groups in total. The maximum absolute atomic E-state index is 10.9. The summed E-state index contributed by atoms with van der Waals surface area (Å²) in [7, 11) is 2.08. The summed E-state index contributed by atoms with van der Waals surface area (Å²) >= 11 is 3.34. The van der Waals surface area contributed by atoms with Crippen LogP contribution < -0.4 is 0 Å². The first-order chi connectivity index (χ1) is 8.50. The van der Waals surface area contributed by atoms with Gasteiger partial charge in [0.1, 0.15) is 0 Å². The van der Waals surface area contributed by atoms with Gasteiger partial charge >= 0.3 is 0 Å². The third-order valence-electron chi connectivity index (χ3n) is 3.67. The molecule has 1 aromatic rings. The van der Waals surface area contributed by atoms with E-state index in [2.05, 4.69) is 34.8 Å². The molecule has 1 aliphatic carbocycles. The Hall–Kier alpha value is -0.940. The monoisotopic (exact) mass is 312 g/mol. The van der Waals surface area contributed by atoms with Gasteiger partial charge in [-0.1, -0.05) is 12.1 Å². The number of hydrogen-bond donors (Lipinski definition) is 0. The van der Waals surface area contributed by atoms with Crippen LogP contribution in [-0.4, -0.2) is 22.9 Å². The van der Waals surface area contributed by atoms with Crippen molar-refractivity contribution >= 4 is 21.6 Å². The second-order valence-electron chi connectivity index (χ2n) is 5.00. The van der Waals surface area contributed by atoms with Crippen LogP contribution in [0, 0.1) is 16.0 Å². The number of nitrogens with zero attached hydrogens (tertiary/aromatic N) is 2. The van der Waals surface area contributed by atoms with Crippen LogP contribution in [0.25, 0.3) is 0 Å². The molecule has 0 spiro atoms. The Labute approximate surface area is 115 Å². The average molecular weight is 313 g/mol. The van der Waals surface area contributed by atoms with E-state index in [4.69, 9.17) is 0 Å². The molecule has 0 amide bonds. The molecule has 0 saturated heterocycles. The van der Waals surface area contributed by atoms with E-state index in [0.29, 0.717) is 10.5 Å². The highest BCUT2D eigenvalue weighted by molar-refractivity contribution is 9.10. The van der Waals surface area contributed by atoms with E-state index in [1.807, 2.05) is 6.07 Å². The number of hydrogen-bond acceptors (Lipinski definition) is 3. The Balaban J connectivity index is 2.13. The molecule has 4 nitrogen and oxygen atoms in total. The SMILES string of the molecule is CC(C1CC1)N(C)Cc1cccc([N+](=O)[O-])c1Br. The maximum atomic E-state index is 10.9. The Bertz CT molecular complexity index is 460. The summed E-state index contributed by atoms with van der Waals surface area (Å²) in [6.07, 6.45) is 2.61. The molecule has 5 heteroatoms. The number of nitro groups is 1. The van der Waals surface area contributed by atoms with E-state index in [-0.39, 0.29) is 10.6 Å². The number of benzene rings is 1.